The topological polar surface area (TPSA) is 53.6 Å². The molecule has 0 spiro atoms. The van der Waals surface area contributed by atoms with Gasteiger partial charge in [-0.05, 0) is 42.0 Å². The highest BCUT2D eigenvalue weighted by Crippen LogP contribution is 2.31. The number of ether oxygens (including phenoxy) is 1. The van der Waals surface area contributed by atoms with E-state index in [2.05, 4.69) is 45.9 Å². The van der Waals surface area contributed by atoms with Crippen LogP contribution in [0.3, 0.4) is 0 Å². The van der Waals surface area contributed by atoms with Gasteiger partial charge in [-0.1, -0.05) is 72.8 Å². The van der Waals surface area contributed by atoms with Crippen molar-refractivity contribution in [1.29, 1.82) is 0 Å². The average Bonchev–Trinajstić information content (AvgIpc) is 3.32. The van der Waals surface area contributed by atoms with Crippen LogP contribution in [0.15, 0.2) is 84.9 Å². The number of anilines is 1. The van der Waals surface area contributed by atoms with Gasteiger partial charge in [0, 0.05) is 19.6 Å². The fourth-order valence-corrected chi connectivity index (χ4v) is 4.34. The van der Waals surface area contributed by atoms with E-state index in [-0.39, 0.29) is 12.1 Å². The Hall–Kier alpha value is -3.47. The van der Waals surface area contributed by atoms with E-state index in [1.165, 1.54) is 5.56 Å². The number of nitrogens with one attached hydrogen (secondary N) is 2. The molecule has 2 amide bonds. The fourth-order valence-electron chi connectivity index (χ4n) is 4.34. The molecule has 3 aromatic carbocycles. The van der Waals surface area contributed by atoms with Gasteiger partial charge in [-0.3, -0.25) is 0 Å². The third kappa shape index (κ3) is 5.61. The summed E-state index contributed by atoms with van der Waals surface area (Å²) in [6.07, 6.45) is 1.80. The zero-order valence-corrected chi connectivity index (χ0v) is 18.5. The molecule has 4 rings (SSSR count). The predicted octanol–water partition coefficient (Wildman–Crippen LogP) is 4.80. The number of nitrogens with zero attached hydrogens (tertiary/aromatic N) is 1. The van der Waals surface area contributed by atoms with E-state index in [9.17, 15) is 4.79 Å². The first-order chi connectivity index (χ1) is 15.7. The van der Waals surface area contributed by atoms with Crippen molar-refractivity contribution in [1.82, 2.24) is 10.6 Å². The molecule has 166 valence electrons. The van der Waals surface area contributed by atoms with Crippen molar-refractivity contribution in [3.8, 4) is 5.75 Å². The Balaban J connectivity index is 1.33. The SMILES string of the molecule is COc1ccccc1N1CCC(CNC(=O)NC(Cc2ccccc2)c2ccccc2)C1. The van der Waals surface area contributed by atoms with Crippen molar-refractivity contribution in [2.24, 2.45) is 5.92 Å². The van der Waals surface area contributed by atoms with Gasteiger partial charge in [0.15, 0.2) is 0 Å². The number of methoxy groups -OCH3 is 1. The zero-order valence-electron chi connectivity index (χ0n) is 18.5. The van der Waals surface area contributed by atoms with E-state index in [0.717, 1.165) is 42.9 Å². The zero-order chi connectivity index (χ0) is 22.2. The van der Waals surface area contributed by atoms with E-state index in [1.54, 1.807) is 7.11 Å². The number of carbonyl (C=O) groups excluding carboxylic acids is 1. The van der Waals surface area contributed by atoms with Gasteiger partial charge in [-0.15, -0.1) is 0 Å². The maximum Gasteiger partial charge on any atom is 0.315 e. The van der Waals surface area contributed by atoms with Crippen LogP contribution in [0.25, 0.3) is 0 Å². The molecule has 0 saturated carbocycles. The van der Waals surface area contributed by atoms with Gasteiger partial charge in [0.25, 0.3) is 0 Å². The Morgan fingerprint density at radius 3 is 2.44 bits per heavy atom. The molecule has 5 heteroatoms. The number of carbonyl (C=O) groups is 1. The van der Waals surface area contributed by atoms with Gasteiger partial charge in [-0.2, -0.15) is 0 Å². The first kappa shape index (κ1) is 21.8. The lowest BCUT2D eigenvalue weighted by Crippen LogP contribution is -2.41. The normalized spacial score (nSPS) is 16.4. The van der Waals surface area contributed by atoms with Crippen LogP contribution < -0.4 is 20.3 Å². The number of benzene rings is 3. The molecule has 32 heavy (non-hydrogen) atoms. The van der Waals surface area contributed by atoms with E-state index in [1.807, 2.05) is 54.6 Å². The number of rotatable bonds is 8. The number of amides is 2. The van der Waals surface area contributed by atoms with Crippen molar-refractivity contribution in [2.75, 3.05) is 31.6 Å². The van der Waals surface area contributed by atoms with Crippen LogP contribution in [0.4, 0.5) is 10.5 Å². The molecule has 2 atom stereocenters. The molecule has 2 N–H and O–H groups in total. The minimum Gasteiger partial charge on any atom is -0.495 e. The molecule has 0 bridgehead atoms. The molecular formula is C27H31N3O2. The summed E-state index contributed by atoms with van der Waals surface area (Å²) in [7, 11) is 1.71. The van der Waals surface area contributed by atoms with Crippen LogP contribution in [0.5, 0.6) is 5.75 Å². The quantitative estimate of drug-likeness (QED) is 0.541. The molecular weight excluding hydrogens is 398 g/mol. The molecule has 0 aliphatic carbocycles. The molecule has 1 heterocycles. The smallest absolute Gasteiger partial charge is 0.315 e. The molecule has 1 aliphatic heterocycles. The minimum atomic E-state index is -0.120. The van der Waals surface area contributed by atoms with Crippen LogP contribution >= 0.6 is 0 Å². The maximum absolute atomic E-state index is 12.8. The monoisotopic (exact) mass is 429 g/mol. The van der Waals surface area contributed by atoms with Crippen molar-refractivity contribution < 1.29 is 9.53 Å². The van der Waals surface area contributed by atoms with Crippen LogP contribution in [-0.4, -0.2) is 32.8 Å². The van der Waals surface area contributed by atoms with Crippen molar-refractivity contribution in [3.05, 3.63) is 96.1 Å². The van der Waals surface area contributed by atoms with Crippen molar-refractivity contribution >= 4 is 11.7 Å². The standard InChI is InChI=1S/C27H31N3O2/c1-32-26-15-9-8-14-25(26)30-17-16-22(20-30)19-28-27(31)29-24(23-12-6-3-7-13-23)18-21-10-4-2-5-11-21/h2-15,22,24H,16-20H2,1H3,(H2,28,29,31). The highest BCUT2D eigenvalue weighted by Gasteiger charge is 2.25. The van der Waals surface area contributed by atoms with Crippen LogP contribution in [0.2, 0.25) is 0 Å². The molecule has 2 unspecified atom stereocenters. The van der Waals surface area contributed by atoms with Crippen molar-refractivity contribution in [2.45, 2.75) is 18.9 Å². The molecule has 1 saturated heterocycles. The maximum atomic E-state index is 12.8. The van der Waals surface area contributed by atoms with Crippen LogP contribution in [-0.2, 0) is 6.42 Å². The van der Waals surface area contributed by atoms with Gasteiger partial charge >= 0.3 is 6.03 Å². The number of para-hydroxylation sites is 2. The van der Waals surface area contributed by atoms with Gasteiger partial charge in [0.1, 0.15) is 5.75 Å². The van der Waals surface area contributed by atoms with E-state index >= 15 is 0 Å². The molecule has 0 radical (unpaired) electrons. The Morgan fingerprint density at radius 2 is 1.69 bits per heavy atom. The molecule has 0 aromatic heterocycles. The lowest BCUT2D eigenvalue weighted by Gasteiger charge is -2.22. The molecule has 3 aromatic rings. The van der Waals surface area contributed by atoms with Gasteiger partial charge in [-0.25, -0.2) is 4.79 Å². The van der Waals surface area contributed by atoms with Crippen LogP contribution in [0, 0.1) is 5.92 Å². The third-order valence-corrected chi connectivity index (χ3v) is 6.05. The largest absolute Gasteiger partial charge is 0.495 e. The lowest BCUT2D eigenvalue weighted by molar-refractivity contribution is 0.235. The molecule has 5 nitrogen and oxygen atoms in total. The first-order valence-corrected chi connectivity index (χ1v) is 11.2. The summed E-state index contributed by atoms with van der Waals surface area (Å²) in [5.74, 6) is 1.31. The summed E-state index contributed by atoms with van der Waals surface area (Å²) >= 11 is 0. The van der Waals surface area contributed by atoms with E-state index < -0.39 is 0 Å². The Labute approximate surface area is 190 Å². The fraction of sp³-hybridized carbons (Fsp3) is 0.296. The third-order valence-electron chi connectivity index (χ3n) is 6.05. The van der Waals surface area contributed by atoms with E-state index in [0.29, 0.717) is 12.5 Å². The summed E-state index contributed by atoms with van der Waals surface area (Å²) in [5, 5.41) is 6.29. The molecule has 1 fully saturated rings. The summed E-state index contributed by atoms with van der Waals surface area (Å²) in [5.41, 5.74) is 3.42. The second-order valence-corrected chi connectivity index (χ2v) is 8.28. The first-order valence-electron chi connectivity index (χ1n) is 11.2. The second kappa shape index (κ2) is 10.7. The Bertz CT molecular complexity index is 994. The highest BCUT2D eigenvalue weighted by atomic mass is 16.5. The van der Waals surface area contributed by atoms with Gasteiger partial charge in [0.05, 0.1) is 18.8 Å². The predicted molar refractivity (Wildman–Crippen MR) is 129 cm³/mol. The van der Waals surface area contributed by atoms with Crippen LogP contribution in [0.1, 0.15) is 23.6 Å². The summed E-state index contributed by atoms with van der Waals surface area (Å²) in [4.78, 5) is 15.1. The average molecular weight is 430 g/mol. The number of hydrogen-bond acceptors (Lipinski definition) is 3. The summed E-state index contributed by atoms with van der Waals surface area (Å²) < 4.78 is 5.50. The lowest BCUT2D eigenvalue weighted by atomic mass is 9.99. The Kier molecular flexibility index (Phi) is 7.28. The minimum absolute atomic E-state index is 0.0766. The second-order valence-electron chi connectivity index (χ2n) is 8.28. The Morgan fingerprint density at radius 1 is 1.00 bits per heavy atom. The van der Waals surface area contributed by atoms with Crippen molar-refractivity contribution in [3.63, 3.8) is 0 Å². The van der Waals surface area contributed by atoms with E-state index in [4.69, 9.17) is 4.74 Å². The number of hydrogen-bond donors (Lipinski definition) is 2. The summed E-state index contributed by atoms with van der Waals surface area (Å²) in [6, 6.07) is 28.3. The molecule has 1 aliphatic rings. The summed E-state index contributed by atoms with van der Waals surface area (Å²) in [6.45, 7) is 2.53. The van der Waals surface area contributed by atoms with Gasteiger partial charge in [0.2, 0.25) is 0 Å². The number of urea groups is 1. The highest BCUT2D eigenvalue weighted by molar-refractivity contribution is 5.74. The van der Waals surface area contributed by atoms with Gasteiger partial charge < -0.3 is 20.3 Å².